The van der Waals surface area contributed by atoms with E-state index in [1.54, 1.807) is 0 Å². The van der Waals surface area contributed by atoms with Crippen molar-refractivity contribution in [1.82, 2.24) is 20.1 Å². The number of carbonyl (C=O) groups excluding carboxylic acids is 1. The lowest BCUT2D eigenvalue weighted by Gasteiger charge is -2.08. The maximum atomic E-state index is 12.0. The monoisotopic (exact) mass is 307 g/mol. The predicted octanol–water partition coefficient (Wildman–Crippen LogP) is 1.95. The lowest BCUT2D eigenvalue weighted by atomic mass is 10.2. The van der Waals surface area contributed by atoms with Gasteiger partial charge in [0.15, 0.2) is 0 Å². The van der Waals surface area contributed by atoms with E-state index in [4.69, 9.17) is 17.3 Å². The molecule has 0 aliphatic heterocycles. The van der Waals surface area contributed by atoms with Crippen molar-refractivity contribution in [3.8, 4) is 0 Å². The smallest absolute Gasteiger partial charge is 0.254 e. The van der Waals surface area contributed by atoms with Crippen LogP contribution in [0.2, 0.25) is 5.15 Å². The fourth-order valence-corrected chi connectivity index (χ4v) is 2.24. The zero-order valence-corrected chi connectivity index (χ0v) is 12.8. The second-order valence-corrected chi connectivity index (χ2v) is 5.22. The third-order valence-electron chi connectivity index (χ3n) is 3.04. The molecular formula is C14H18ClN5O. The summed E-state index contributed by atoms with van der Waals surface area (Å²) in [5, 5.41) is 7.32. The van der Waals surface area contributed by atoms with Gasteiger partial charge < -0.3 is 11.1 Å². The van der Waals surface area contributed by atoms with E-state index < -0.39 is 0 Å². The van der Waals surface area contributed by atoms with E-state index in [2.05, 4.69) is 15.4 Å². The van der Waals surface area contributed by atoms with E-state index in [0.29, 0.717) is 17.8 Å². The minimum absolute atomic E-state index is 0.153. The first kappa shape index (κ1) is 15.3. The van der Waals surface area contributed by atoms with Gasteiger partial charge in [0.1, 0.15) is 5.15 Å². The molecule has 2 heterocycles. The molecule has 21 heavy (non-hydrogen) atoms. The molecule has 112 valence electrons. The molecule has 1 amide bonds. The van der Waals surface area contributed by atoms with Gasteiger partial charge >= 0.3 is 0 Å². The highest BCUT2D eigenvalue weighted by Gasteiger charge is 2.11. The Hall–Kier alpha value is -2.08. The molecule has 0 fully saturated rings. The van der Waals surface area contributed by atoms with Crippen molar-refractivity contribution in [2.45, 2.75) is 26.8 Å². The fraction of sp³-hybridized carbons (Fsp3) is 0.357. The Morgan fingerprint density at radius 2 is 2.19 bits per heavy atom. The molecule has 2 aromatic heterocycles. The van der Waals surface area contributed by atoms with Crippen LogP contribution in [0.1, 0.15) is 28.2 Å². The summed E-state index contributed by atoms with van der Waals surface area (Å²) in [6.45, 7) is 5.25. The minimum Gasteiger partial charge on any atom is -0.397 e. The highest BCUT2D eigenvalue weighted by Crippen LogP contribution is 2.15. The molecule has 0 aliphatic carbocycles. The van der Waals surface area contributed by atoms with Gasteiger partial charge in [-0.25, -0.2) is 4.98 Å². The first-order chi connectivity index (χ1) is 9.97. The Morgan fingerprint density at radius 3 is 2.86 bits per heavy atom. The predicted molar refractivity (Wildman–Crippen MR) is 82.3 cm³/mol. The number of aromatic nitrogens is 3. The molecule has 0 bridgehead atoms. The number of amides is 1. The van der Waals surface area contributed by atoms with Gasteiger partial charge in [0, 0.05) is 18.8 Å². The number of carbonyl (C=O) groups is 1. The Morgan fingerprint density at radius 1 is 1.43 bits per heavy atom. The maximum absolute atomic E-state index is 12.0. The second-order valence-electron chi connectivity index (χ2n) is 4.87. The molecular weight excluding hydrogens is 290 g/mol. The van der Waals surface area contributed by atoms with Crippen molar-refractivity contribution in [1.29, 1.82) is 0 Å². The van der Waals surface area contributed by atoms with Gasteiger partial charge in [-0.3, -0.25) is 9.48 Å². The van der Waals surface area contributed by atoms with Gasteiger partial charge in [-0.05, 0) is 32.4 Å². The molecule has 7 heteroatoms. The maximum Gasteiger partial charge on any atom is 0.254 e. The molecule has 0 saturated carbocycles. The van der Waals surface area contributed by atoms with Crippen LogP contribution in [0.15, 0.2) is 18.3 Å². The number of hydrogen-bond acceptors (Lipinski definition) is 4. The van der Waals surface area contributed by atoms with Crippen molar-refractivity contribution in [2.24, 2.45) is 0 Å². The van der Waals surface area contributed by atoms with Crippen LogP contribution in [0.5, 0.6) is 0 Å². The second kappa shape index (κ2) is 6.58. The number of nitrogen functional groups attached to an aromatic ring is 1. The fourth-order valence-electron chi connectivity index (χ4n) is 2.05. The first-order valence-electron chi connectivity index (χ1n) is 6.67. The van der Waals surface area contributed by atoms with Gasteiger partial charge in [0.2, 0.25) is 0 Å². The van der Waals surface area contributed by atoms with Crippen LogP contribution in [-0.4, -0.2) is 27.2 Å². The zero-order chi connectivity index (χ0) is 15.4. The number of anilines is 1. The lowest BCUT2D eigenvalue weighted by Crippen LogP contribution is -2.26. The molecule has 0 saturated heterocycles. The van der Waals surface area contributed by atoms with E-state index in [1.165, 1.54) is 12.3 Å². The summed E-state index contributed by atoms with van der Waals surface area (Å²) in [4.78, 5) is 15.8. The molecule has 0 atom stereocenters. The number of hydrogen-bond donors (Lipinski definition) is 2. The van der Waals surface area contributed by atoms with Gasteiger partial charge in [0.05, 0.1) is 23.1 Å². The Kier molecular flexibility index (Phi) is 4.80. The minimum atomic E-state index is -0.270. The van der Waals surface area contributed by atoms with Crippen LogP contribution in [0, 0.1) is 13.8 Å². The molecule has 0 aliphatic rings. The topological polar surface area (TPSA) is 85.8 Å². The molecule has 0 spiro atoms. The summed E-state index contributed by atoms with van der Waals surface area (Å²) in [5.41, 5.74) is 8.41. The molecule has 0 unspecified atom stereocenters. The normalized spacial score (nSPS) is 10.6. The summed E-state index contributed by atoms with van der Waals surface area (Å²) in [6, 6.07) is 3.54. The van der Waals surface area contributed by atoms with Gasteiger partial charge in [-0.1, -0.05) is 11.6 Å². The van der Waals surface area contributed by atoms with E-state index in [9.17, 15) is 4.79 Å². The Labute approximate surface area is 128 Å². The number of aryl methyl sites for hydroxylation is 3. The van der Waals surface area contributed by atoms with E-state index in [1.807, 2.05) is 24.6 Å². The quantitative estimate of drug-likeness (QED) is 0.653. The summed E-state index contributed by atoms with van der Waals surface area (Å²) < 4.78 is 1.93. The van der Waals surface area contributed by atoms with Crippen LogP contribution in [0.4, 0.5) is 5.69 Å². The van der Waals surface area contributed by atoms with Crippen LogP contribution in [0.3, 0.4) is 0 Å². The Balaban J connectivity index is 1.84. The van der Waals surface area contributed by atoms with Crippen LogP contribution < -0.4 is 11.1 Å². The third-order valence-corrected chi connectivity index (χ3v) is 3.34. The van der Waals surface area contributed by atoms with Gasteiger partial charge in [-0.2, -0.15) is 5.10 Å². The van der Waals surface area contributed by atoms with Crippen LogP contribution in [0.25, 0.3) is 0 Å². The van der Waals surface area contributed by atoms with Crippen LogP contribution >= 0.6 is 11.6 Å². The number of pyridine rings is 1. The van der Waals surface area contributed by atoms with E-state index in [-0.39, 0.29) is 11.1 Å². The Bertz CT molecular complexity index is 653. The average Bonchev–Trinajstić information content (AvgIpc) is 2.75. The lowest BCUT2D eigenvalue weighted by molar-refractivity contribution is 0.0952. The average molecular weight is 308 g/mol. The number of rotatable bonds is 5. The highest BCUT2D eigenvalue weighted by atomic mass is 35.5. The summed E-state index contributed by atoms with van der Waals surface area (Å²) >= 11 is 5.88. The molecule has 6 nitrogen and oxygen atoms in total. The van der Waals surface area contributed by atoms with Crippen molar-refractivity contribution < 1.29 is 4.79 Å². The zero-order valence-electron chi connectivity index (χ0n) is 12.1. The summed E-state index contributed by atoms with van der Waals surface area (Å²) in [6.07, 6.45) is 2.20. The van der Waals surface area contributed by atoms with E-state index in [0.717, 1.165) is 24.4 Å². The number of halogens is 1. The standard InChI is InChI=1S/C14H18ClN5O/c1-9-6-10(2)20(19-9)5-3-4-17-14(21)12-7-11(16)8-18-13(12)15/h6-8H,3-5,16H2,1-2H3,(H,17,21). The SMILES string of the molecule is Cc1cc(C)n(CCCNC(=O)c2cc(N)cnc2Cl)n1. The van der Waals surface area contributed by atoms with Crippen LogP contribution in [-0.2, 0) is 6.54 Å². The molecule has 2 aromatic rings. The highest BCUT2D eigenvalue weighted by molar-refractivity contribution is 6.32. The number of nitrogens with two attached hydrogens (primary N) is 1. The number of nitrogens with one attached hydrogen (secondary N) is 1. The largest absolute Gasteiger partial charge is 0.397 e. The van der Waals surface area contributed by atoms with Gasteiger partial charge in [-0.15, -0.1) is 0 Å². The third kappa shape index (κ3) is 3.95. The van der Waals surface area contributed by atoms with Crippen molar-refractivity contribution in [2.75, 3.05) is 12.3 Å². The first-order valence-corrected chi connectivity index (χ1v) is 7.05. The summed E-state index contributed by atoms with van der Waals surface area (Å²) in [5.74, 6) is -0.270. The molecule has 0 radical (unpaired) electrons. The van der Waals surface area contributed by atoms with Crippen molar-refractivity contribution in [3.63, 3.8) is 0 Å². The molecule has 3 N–H and O–H groups in total. The van der Waals surface area contributed by atoms with E-state index >= 15 is 0 Å². The molecule has 2 rings (SSSR count). The van der Waals surface area contributed by atoms with Crippen molar-refractivity contribution >= 4 is 23.2 Å². The molecule has 0 aromatic carbocycles. The number of nitrogens with zero attached hydrogens (tertiary/aromatic N) is 3. The van der Waals surface area contributed by atoms with Crippen molar-refractivity contribution in [3.05, 3.63) is 40.4 Å². The summed E-state index contributed by atoms with van der Waals surface area (Å²) in [7, 11) is 0. The van der Waals surface area contributed by atoms with Gasteiger partial charge in [0.25, 0.3) is 5.91 Å².